The lowest BCUT2D eigenvalue weighted by Crippen LogP contribution is -2.11. The number of rotatable bonds is 1. The van der Waals surface area contributed by atoms with E-state index in [1.165, 1.54) is 0 Å². The molecule has 0 aliphatic heterocycles. The molecule has 0 spiro atoms. The summed E-state index contributed by atoms with van der Waals surface area (Å²) in [4.78, 5) is 0. The van der Waals surface area contributed by atoms with Crippen LogP contribution in [0.3, 0.4) is 0 Å². The van der Waals surface area contributed by atoms with Crippen molar-refractivity contribution in [3.8, 4) is 11.5 Å². The van der Waals surface area contributed by atoms with Crippen molar-refractivity contribution in [3.05, 3.63) is 33.0 Å². The second kappa shape index (κ2) is 4.53. The van der Waals surface area contributed by atoms with Gasteiger partial charge in [-0.05, 0) is 34.1 Å². The van der Waals surface area contributed by atoms with Crippen molar-refractivity contribution < 1.29 is 4.42 Å². The summed E-state index contributed by atoms with van der Waals surface area (Å²) in [5.41, 5.74) is 0.767. The predicted octanol–water partition coefficient (Wildman–Crippen LogP) is 4.56. The Kier molecular flexibility index (Phi) is 3.41. The van der Waals surface area contributed by atoms with Crippen molar-refractivity contribution in [1.82, 2.24) is 10.2 Å². The lowest BCUT2D eigenvalue weighted by Gasteiger charge is -2.11. The van der Waals surface area contributed by atoms with Gasteiger partial charge in [0.15, 0.2) is 0 Å². The van der Waals surface area contributed by atoms with Crippen LogP contribution in [0, 0.1) is 0 Å². The third kappa shape index (κ3) is 2.77. The van der Waals surface area contributed by atoms with Crippen LogP contribution in [-0.2, 0) is 5.41 Å². The van der Waals surface area contributed by atoms with E-state index in [1.807, 2.05) is 39.0 Å². The van der Waals surface area contributed by atoms with Crippen molar-refractivity contribution in [2.75, 3.05) is 0 Å². The molecule has 0 radical (unpaired) electrons. The molecule has 1 aromatic heterocycles. The monoisotopic (exact) mass is 358 g/mol. The van der Waals surface area contributed by atoms with E-state index >= 15 is 0 Å². The zero-order valence-corrected chi connectivity index (χ0v) is 13.0. The average molecular weight is 360 g/mol. The quantitative estimate of drug-likeness (QED) is 0.749. The van der Waals surface area contributed by atoms with Gasteiger partial charge in [0.2, 0.25) is 11.8 Å². The molecule has 1 heterocycles. The Morgan fingerprint density at radius 1 is 1.12 bits per heavy atom. The van der Waals surface area contributed by atoms with Crippen molar-refractivity contribution in [2.24, 2.45) is 0 Å². The lowest BCUT2D eigenvalue weighted by atomic mass is 9.97. The molecule has 90 valence electrons. The van der Waals surface area contributed by atoms with Crippen molar-refractivity contribution in [3.63, 3.8) is 0 Å². The summed E-state index contributed by atoms with van der Waals surface area (Å²) in [5, 5.41) is 8.16. The van der Waals surface area contributed by atoms with Gasteiger partial charge >= 0.3 is 0 Å². The number of hydrogen-bond donors (Lipinski definition) is 0. The van der Waals surface area contributed by atoms with Crippen LogP contribution in [0.2, 0.25) is 0 Å². The highest BCUT2D eigenvalue weighted by atomic mass is 79.9. The second-order valence-corrected chi connectivity index (χ2v) is 6.56. The molecular weight excluding hydrogens is 348 g/mol. The van der Waals surface area contributed by atoms with E-state index < -0.39 is 0 Å². The minimum absolute atomic E-state index is 0.132. The van der Waals surface area contributed by atoms with Gasteiger partial charge in [0.05, 0.1) is 5.56 Å². The standard InChI is InChI=1S/C12H12Br2N2O/c1-12(2,3)11-16-15-10(17-11)8-5-4-7(13)6-9(8)14/h4-6H,1-3H3. The van der Waals surface area contributed by atoms with Crippen molar-refractivity contribution >= 4 is 31.9 Å². The Morgan fingerprint density at radius 2 is 1.82 bits per heavy atom. The first-order valence-corrected chi connectivity index (χ1v) is 6.76. The second-order valence-electron chi connectivity index (χ2n) is 4.79. The summed E-state index contributed by atoms with van der Waals surface area (Å²) >= 11 is 6.89. The topological polar surface area (TPSA) is 38.9 Å². The first-order chi connectivity index (χ1) is 7.88. The maximum absolute atomic E-state index is 5.69. The normalized spacial score (nSPS) is 11.8. The van der Waals surface area contributed by atoms with Crippen LogP contribution in [0.25, 0.3) is 11.5 Å². The highest BCUT2D eigenvalue weighted by molar-refractivity contribution is 9.11. The summed E-state index contributed by atoms with van der Waals surface area (Å²) < 4.78 is 7.62. The third-order valence-corrected chi connectivity index (χ3v) is 3.38. The summed E-state index contributed by atoms with van der Waals surface area (Å²) in [5.74, 6) is 1.18. The van der Waals surface area contributed by atoms with Gasteiger partial charge in [-0.2, -0.15) is 0 Å². The Hall–Kier alpha value is -0.680. The molecule has 0 aliphatic carbocycles. The van der Waals surface area contributed by atoms with Gasteiger partial charge in [0.25, 0.3) is 0 Å². The van der Waals surface area contributed by atoms with E-state index in [9.17, 15) is 0 Å². The molecule has 0 saturated heterocycles. The highest BCUT2D eigenvalue weighted by Crippen LogP contribution is 2.31. The van der Waals surface area contributed by atoms with Gasteiger partial charge in [0.1, 0.15) is 0 Å². The number of aromatic nitrogens is 2. The molecule has 0 amide bonds. The molecule has 0 saturated carbocycles. The molecule has 0 fully saturated rings. The Balaban J connectivity index is 2.44. The summed E-state index contributed by atoms with van der Waals surface area (Å²) in [6, 6.07) is 5.84. The first-order valence-electron chi connectivity index (χ1n) is 5.17. The van der Waals surface area contributed by atoms with Crippen LogP contribution in [0.4, 0.5) is 0 Å². The smallest absolute Gasteiger partial charge is 0.248 e. The van der Waals surface area contributed by atoms with Crippen LogP contribution in [-0.4, -0.2) is 10.2 Å². The highest BCUT2D eigenvalue weighted by Gasteiger charge is 2.22. The predicted molar refractivity (Wildman–Crippen MR) is 73.8 cm³/mol. The molecular formula is C12H12Br2N2O. The van der Waals surface area contributed by atoms with E-state index in [4.69, 9.17) is 4.42 Å². The summed E-state index contributed by atoms with van der Waals surface area (Å²) in [6.07, 6.45) is 0. The number of nitrogens with zero attached hydrogens (tertiary/aromatic N) is 2. The number of hydrogen-bond acceptors (Lipinski definition) is 3. The van der Waals surface area contributed by atoms with E-state index in [0.717, 1.165) is 14.5 Å². The molecule has 2 rings (SSSR count). The molecule has 0 aliphatic rings. The van der Waals surface area contributed by atoms with Gasteiger partial charge in [0, 0.05) is 14.4 Å². The summed E-state index contributed by atoms with van der Waals surface area (Å²) in [7, 11) is 0. The number of benzene rings is 1. The lowest BCUT2D eigenvalue weighted by molar-refractivity contribution is 0.399. The molecule has 5 heteroatoms. The molecule has 0 unspecified atom stereocenters. The molecule has 1 aromatic carbocycles. The minimum Gasteiger partial charge on any atom is -0.420 e. The maximum Gasteiger partial charge on any atom is 0.248 e. The Morgan fingerprint density at radius 3 is 2.35 bits per heavy atom. The zero-order valence-electron chi connectivity index (χ0n) is 9.79. The molecule has 0 bridgehead atoms. The van der Waals surface area contributed by atoms with Crippen LogP contribution in [0.15, 0.2) is 31.6 Å². The zero-order chi connectivity index (χ0) is 12.6. The Bertz CT molecular complexity index is 544. The maximum atomic E-state index is 5.69. The third-order valence-electron chi connectivity index (χ3n) is 2.23. The summed E-state index contributed by atoms with van der Waals surface area (Å²) in [6.45, 7) is 6.13. The van der Waals surface area contributed by atoms with Crippen LogP contribution in [0.1, 0.15) is 26.7 Å². The minimum atomic E-state index is -0.132. The van der Waals surface area contributed by atoms with Crippen LogP contribution in [0.5, 0.6) is 0 Å². The molecule has 3 nitrogen and oxygen atoms in total. The van der Waals surface area contributed by atoms with Crippen LogP contribution < -0.4 is 0 Å². The fourth-order valence-electron chi connectivity index (χ4n) is 1.30. The van der Waals surface area contributed by atoms with Gasteiger partial charge in [-0.3, -0.25) is 0 Å². The van der Waals surface area contributed by atoms with E-state index in [2.05, 4.69) is 42.1 Å². The molecule has 2 aromatic rings. The van der Waals surface area contributed by atoms with Gasteiger partial charge in [-0.15, -0.1) is 10.2 Å². The SMILES string of the molecule is CC(C)(C)c1nnc(-c2ccc(Br)cc2Br)o1. The van der Waals surface area contributed by atoms with Gasteiger partial charge in [-0.25, -0.2) is 0 Å². The molecule has 0 atom stereocenters. The number of halogens is 2. The van der Waals surface area contributed by atoms with E-state index in [-0.39, 0.29) is 5.41 Å². The molecule has 17 heavy (non-hydrogen) atoms. The van der Waals surface area contributed by atoms with Crippen molar-refractivity contribution in [2.45, 2.75) is 26.2 Å². The van der Waals surface area contributed by atoms with Crippen LogP contribution >= 0.6 is 31.9 Å². The van der Waals surface area contributed by atoms with Crippen molar-refractivity contribution in [1.29, 1.82) is 0 Å². The van der Waals surface area contributed by atoms with E-state index in [1.54, 1.807) is 0 Å². The van der Waals surface area contributed by atoms with E-state index in [0.29, 0.717) is 11.8 Å². The molecule has 0 N–H and O–H groups in total. The average Bonchev–Trinajstić information content (AvgIpc) is 2.65. The van der Waals surface area contributed by atoms with Gasteiger partial charge in [-0.1, -0.05) is 36.7 Å². The van der Waals surface area contributed by atoms with Gasteiger partial charge < -0.3 is 4.42 Å². The largest absolute Gasteiger partial charge is 0.420 e. The fourth-order valence-corrected chi connectivity index (χ4v) is 2.51. The first kappa shape index (κ1) is 12.8. The Labute approximate surface area is 117 Å². The fraction of sp³-hybridized carbons (Fsp3) is 0.333.